The van der Waals surface area contributed by atoms with E-state index in [0.29, 0.717) is 11.4 Å². The molecule has 0 saturated carbocycles. The Labute approximate surface area is 143 Å². The molecule has 0 radical (unpaired) electrons. The second kappa shape index (κ2) is 7.23. The zero-order chi connectivity index (χ0) is 17.8. The van der Waals surface area contributed by atoms with Crippen LogP contribution in [0.3, 0.4) is 0 Å². The molecule has 7 heteroatoms. The first-order valence-electron chi connectivity index (χ1n) is 7.58. The van der Waals surface area contributed by atoms with Crippen LogP contribution < -0.4 is 9.47 Å². The van der Waals surface area contributed by atoms with Crippen molar-refractivity contribution < 1.29 is 18.3 Å². The predicted octanol–water partition coefficient (Wildman–Crippen LogP) is 5.14. The molecule has 2 aromatic carbocycles. The molecule has 1 aliphatic carbocycles. The Bertz CT molecular complexity index is 861. The van der Waals surface area contributed by atoms with Crippen LogP contribution in [0.2, 0.25) is 0 Å². The average Bonchev–Trinajstić information content (AvgIpc) is 2.98. The minimum atomic E-state index is -2.56. The van der Waals surface area contributed by atoms with Crippen molar-refractivity contribution >= 4 is 6.08 Å². The maximum atomic E-state index is 12.4. The molecule has 0 spiro atoms. The van der Waals surface area contributed by atoms with Gasteiger partial charge in [0.25, 0.3) is 6.43 Å². The number of halogens is 2. The van der Waals surface area contributed by atoms with Crippen LogP contribution >= 0.6 is 0 Å². The van der Waals surface area contributed by atoms with Gasteiger partial charge < -0.3 is 9.47 Å². The van der Waals surface area contributed by atoms with Crippen molar-refractivity contribution in [2.75, 3.05) is 13.7 Å². The summed E-state index contributed by atoms with van der Waals surface area (Å²) in [6, 6.07) is 12.8. The Balaban J connectivity index is 2.00. The molecule has 2 aromatic rings. The SMILES string of the molecule is COc1cc(C2C(N=[N+]=[N-])=Cc3ccccc32)ccc1OCC(F)F. The summed E-state index contributed by atoms with van der Waals surface area (Å²) in [4.78, 5) is 2.90. The number of azide groups is 1. The maximum Gasteiger partial charge on any atom is 0.272 e. The summed E-state index contributed by atoms with van der Waals surface area (Å²) < 4.78 is 35.1. The van der Waals surface area contributed by atoms with E-state index in [0.717, 1.165) is 16.7 Å². The molecule has 25 heavy (non-hydrogen) atoms. The molecular weight excluding hydrogens is 328 g/mol. The van der Waals surface area contributed by atoms with E-state index in [2.05, 4.69) is 10.0 Å². The number of methoxy groups -OCH3 is 1. The van der Waals surface area contributed by atoms with Gasteiger partial charge in [0.05, 0.1) is 7.11 Å². The molecule has 3 rings (SSSR count). The quantitative estimate of drug-likeness (QED) is 0.414. The largest absolute Gasteiger partial charge is 0.493 e. The second-order valence-electron chi connectivity index (χ2n) is 5.43. The first-order valence-corrected chi connectivity index (χ1v) is 7.58. The molecule has 0 heterocycles. The van der Waals surface area contributed by atoms with E-state index in [9.17, 15) is 8.78 Å². The average molecular weight is 343 g/mol. The van der Waals surface area contributed by atoms with Crippen molar-refractivity contribution in [2.24, 2.45) is 5.11 Å². The van der Waals surface area contributed by atoms with Crippen molar-refractivity contribution in [1.82, 2.24) is 0 Å². The Kier molecular flexibility index (Phi) is 4.86. The van der Waals surface area contributed by atoms with Gasteiger partial charge in [0, 0.05) is 16.5 Å². The molecule has 0 saturated heterocycles. The molecule has 1 atom stereocenters. The highest BCUT2D eigenvalue weighted by Gasteiger charge is 2.26. The van der Waals surface area contributed by atoms with Gasteiger partial charge in [-0.2, -0.15) is 0 Å². The summed E-state index contributed by atoms with van der Waals surface area (Å²) in [5.74, 6) is 0.347. The third kappa shape index (κ3) is 3.41. The van der Waals surface area contributed by atoms with E-state index in [4.69, 9.17) is 15.0 Å². The van der Waals surface area contributed by atoms with Gasteiger partial charge >= 0.3 is 0 Å². The Morgan fingerprint density at radius 3 is 2.72 bits per heavy atom. The molecule has 0 aliphatic heterocycles. The summed E-state index contributed by atoms with van der Waals surface area (Å²) in [6.07, 6.45) is -0.724. The van der Waals surface area contributed by atoms with Crippen LogP contribution in [0, 0.1) is 0 Å². The van der Waals surface area contributed by atoms with E-state index >= 15 is 0 Å². The Hall–Kier alpha value is -3.05. The summed E-state index contributed by atoms with van der Waals surface area (Å²) in [7, 11) is 1.45. The normalized spacial score (nSPS) is 15.4. The van der Waals surface area contributed by atoms with Crippen LogP contribution in [0.25, 0.3) is 16.5 Å². The fourth-order valence-electron chi connectivity index (χ4n) is 2.93. The summed E-state index contributed by atoms with van der Waals surface area (Å²) in [5.41, 5.74) is 12.2. The first-order chi connectivity index (χ1) is 12.1. The number of fused-ring (bicyclic) bond motifs is 1. The second-order valence-corrected chi connectivity index (χ2v) is 5.43. The summed E-state index contributed by atoms with van der Waals surface area (Å²) >= 11 is 0. The topological polar surface area (TPSA) is 67.2 Å². The predicted molar refractivity (Wildman–Crippen MR) is 89.9 cm³/mol. The third-order valence-electron chi connectivity index (χ3n) is 3.95. The number of alkyl halides is 2. The zero-order valence-electron chi connectivity index (χ0n) is 13.4. The molecule has 5 nitrogen and oxygen atoms in total. The highest BCUT2D eigenvalue weighted by atomic mass is 19.3. The van der Waals surface area contributed by atoms with Crippen molar-refractivity contribution in [2.45, 2.75) is 12.3 Å². The number of rotatable bonds is 6. The van der Waals surface area contributed by atoms with Crippen LogP contribution in [-0.2, 0) is 0 Å². The van der Waals surface area contributed by atoms with Crippen molar-refractivity contribution in [1.29, 1.82) is 0 Å². The molecule has 0 N–H and O–H groups in total. The Morgan fingerprint density at radius 1 is 1.20 bits per heavy atom. The number of nitrogens with zero attached hydrogens (tertiary/aromatic N) is 3. The van der Waals surface area contributed by atoms with Crippen LogP contribution in [0.1, 0.15) is 22.6 Å². The fraction of sp³-hybridized carbons (Fsp3) is 0.222. The Morgan fingerprint density at radius 2 is 2.00 bits per heavy atom. The number of ether oxygens (including phenoxy) is 2. The van der Waals surface area contributed by atoms with E-state index in [1.54, 1.807) is 18.2 Å². The number of hydrogen-bond acceptors (Lipinski definition) is 3. The molecule has 1 aliphatic rings. The minimum absolute atomic E-state index is 0.243. The lowest BCUT2D eigenvalue weighted by molar-refractivity contribution is 0.0804. The first kappa shape index (κ1) is 16.8. The van der Waals surface area contributed by atoms with Crippen molar-refractivity contribution in [3.63, 3.8) is 0 Å². The van der Waals surface area contributed by atoms with Gasteiger partial charge in [-0.3, -0.25) is 0 Å². The van der Waals surface area contributed by atoms with E-state index in [-0.39, 0.29) is 11.7 Å². The molecule has 1 unspecified atom stereocenters. The van der Waals surface area contributed by atoms with Crippen LogP contribution in [-0.4, -0.2) is 20.1 Å². The van der Waals surface area contributed by atoms with Gasteiger partial charge in [-0.05, 0) is 40.4 Å². The lowest BCUT2D eigenvalue weighted by atomic mass is 9.91. The number of allylic oxidation sites excluding steroid dienone is 1. The molecule has 0 amide bonds. The van der Waals surface area contributed by atoms with E-state index < -0.39 is 13.0 Å². The number of hydrogen-bond donors (Lipinski definition) is 0. The van der Waals surface area contributed by atoms with Gasteiger partial charge in [-0.25, -0.2) is 8.78 Å². The molecule has 128 valence electrons. The highest BCUT2D eigenvalue weighted by molar-refractivity contribution is 5.69. The zero-order valence-corrected chi connectivity index (χ0v) is 13.4. The summed E-state index contributed by atoms with van der Waals surface area (Å²) in [5, 5.41) is 3.80. The van der Waals surface area contributed by atoms with Crippen LogP contribution in [0.4, 0.5) is 8.78 Å². The minimum Gasteiger partial charge on any atom is -0.493 e. The lowest BCUT2D eigenvalue weighted by Crippen LogP contribution is -2.08. The van der Waals surface area contributed by atoms with Gasteiger partial charge in [0.15, 0.2) is 11.5 Å². The van der Waals surface area contributed by atoms with Crippen LogP contribution in [0.15, 0.2) is 53.3 Å². The smallest absolute Gasteiger partial charge is 0.272 e. The van der Waals surface area contributed by atoms with Gasteiger partial charge in [0.1, 0.15) is 6.61 Å². The maximum absolute atomic E-state index is 12.4. The molecule has 0 bridgehead atoms. The third-order valence-corrected chi connectivity index (χ3v) is 3.95. The summed E-state index contributed by atoms with van der Waals surface area (Å²) in [6.45, 7) is -0.703. The van der Waals surface area contributed by atoms with E-state index in [1.165, 1.54) is 7.11 Å². The van der Waals surface area contributed by atoms with Gasteiger partial charge in [-0.15, -0.1) is 0 Å². The standard InChI is InChI=1S/C18H15F2N3O2/c1-24-16-9-12(6-7-15(16)25-10-17(19)20)18-13-5-3-2-4-11(13)8-14(18)22-23-21/h2-9,17-18H,10H2,1H3. The molecule has 0 fully saturated rings. The highest BCUT2D eigenvalue weighted by Crippen LogP contribution is 2.43. The molecular formula is C18H15F2N3O2. The van der Waals surface area contributed by atoms with E-state index in [1.807, 2.05) is 30.3 Å². The number of benzene rings is 2. The fourth-order valence-corrected chi connectivity index (χ4v) is 2.93. The monoisotopic (exact) mass is 343 g/mol. The van der Waals surface area contributed by atoms with Crippen molar-refractivity contribution in [3.05, 3.63) is 75.3 Å². The van der Waals surface area contributed by atoms with Gasteiger partial charge in [-0.1, -0.05) is 35.4 Å². The molecule has 0 aromatic heterocycles. The van der Waals surface area contributed by atoms with Gasteiger partial charge in [0.2, 0.25) is 0 Å². The lowest BCUT2D eigenvalue weighted by Gasteiger charge is -2.17. The van der Waals surface area contributed by atoms with Crippen LogP contribution in [0.5, 0.6) is 11.5 Å². The van der Waals surface area contributed by atoms with Crippen molar-refractivity contribution in [3.8, 4) is 11.5 Å².